The third-order valence-corrected chi connectivity index (χ3v) is 7.23. The molecule has 0 aliphatic carbocycles. The number of hydrogen-bond acceptors (Lipinski definition) is 3. The van der Waals surface area contributed by atoms with Gasteiger partial charge in [0.1, 0.15) is 5.82 Å². The average molecular weight is 428 g/mol. The highest BCUT2D eigenvalue weighted by Crippen LogP contribution is 2.39. The molecule has 4 heteroatoms. The average Bonchev–Trinajstić information content (AvgIpc) is 3.38. The Morgan fingerprint density at radius 3 is 2.38 bits per heavy atom. The van der Waals surface area contributed by atoms with Crippen LogP contribution in [-0.4, -0.2) is 14.5 Å². The molecule has 7 aromatic rings. The summed E-state index contributed by atoms with van der Waals surface area (Å²) in [5.74, 6) is 0.903. The van der Waals surface area contributed by atoms with Gasteiger partial charge in [0.2, 0.25) is 0 Å². The summed E-state index contributed by atoms with van der Waals surface area (Å²) in [6, 6.07) is 32.0. The third-order valence-electron chi connectivity index (χ3n) is 6.10. The highest BCUT2D eigenvalue weighted by Gasteiger charge is 2.17. The lowest BCUT2D eigenvalue weighted by molar-refractivity contribution is 1.08. The Kier molecular flexibility index (Phi) is 3.72. The molecule has 0 atom stereocenters. The summed E-state index contributed by atoms with van der Waals surface area (Å²) >= 11 is 1.84. The van der Waals surface area contributed by atoms with E-state index in [2.05, 4.69) is 83.4 Å². The number of fused-ring (bicyclic) bond motifs is 6. The molecular formula is C28H17N3S. The van der Waals surface area contributed by atoms with E-state index in [0.29, 0.717) is 0 Å². The molecule has 0 bridgehead atoms. The van der Waals surface area contributed by atoms with Crippen LogP contribution in [0.5, 0.6) is 0 Å². The molecule has 4 heterocycles. The van der Waals surface area contributed by atoms with E-state index in [-0.39, 0.29) is 0 Å². The maximum atomic E-state index is 4.77. The van der Waals surface area contributed by atoms with Gasteiger partial charge in [-0.25, -0.2) is 4.98 Å². The van der Waals surface area contributed by atoms with Crippen LogP contribution in [-0.2, 0) is 0 Å². The van der Waals surface area contributed by atoms with Gasteiger partial charge in [-0.05, 0) is 53.6 Å². The van der Waals surface area contributed by atoms with Crippen LogP contribution >= 0.6 is 11.3 Å². The molecule has 150 valence electrons. The third kappa shape index (κ3) is 2.53. The number of aromatic nitrogens is 3. The fourth-order valence-corrected chi connectivity index (χ4v) is 5.77. The van der Waals surface area contributed by atoms with Crippen LogP contribution in [0.3, 0.4) is 0 Å². The van der Waals surface area contributed by atoms with Gasteiger partial charge in [-0.3, -0.25) is 9.55 Å². The number of nitrogens with zero attached hydrogens (tertiary/aromatic N) is 3. The predicted molar refractivity (Wildman–Crippen MR) is 135 cm³/mol. The number of hydrogen-bond donors (Lipinski definition) is 0. The van der Waals surface area contributed by atoms with Crippen molar-refractivity contribution < 1.29 is 0 Å². The van der Waals surface area contributed by atoms with Gasteiger partial charge in [0, 0.05) is 38.0 Å². The first kappa shape index (κ1) is 17.6. The van der Waals surface area contributed by atoms with Crippen molar-refractivity contribution in [3.63, 3.8) is 0 Å². The van der Waals surface area contributed by atoms with Crippen molar-refractivity contribution in [1.29, 1.82) is 0 Å². The van der Waals surface area contributed by atoms with Crippen molar-refractivity contribution in [1.82, 2.24) is 14.5 Å². The van der Waals surface area contributed by atoms with Crippen LogP contribution in [0.1, 0.15) is 0 Å². The van der Waals surface area contributed by atoms with Gasteiger partial charge < -0.3 is 0 Å². The molecule has 0 radical (unpaired) electrons. The molecule has 4 aromatic heterocycles. The molecule has 0 saturated carbocycles. The normalized spacial score (nSPS) is 11.8. The first-order valence-corrected chi connectivity index (χ1v) is 11.4. The van der Waals surface area contributed by atoms with Crippen molar-refractivity contribution in [3.8, 4) is 16.9 Å². The predicted octanol–water partition coefficient (Wildman–Crippen LogP) is 7.61. The molecule has 0 amide bonds. The first-order valence-electron chi connectivity index (χ1n) is 10.6. The first-order chi connectivity index (χ1) is 15.9. The van der Waals surface area contributed by atoms with Gasteiger partial charge in [-0.2, -0.15) is 0 Å². The molecule has 0 spiro atoms. The minimum atomic E-state index is 0.903. The largest absolute Gasteiger partial charge is 0.292 e. The van der Waals surface area contributed by atoms with E-state index in [4.69, 9.17) is 9.97 Å². The van der Waals surface area contributed by atoms with Gasteiger partial charge in [0.05, 0.1) is 16.6 Å². The summed E-state index contributed by atoms with van der Waals surface area (Å²) in [6.45, 7) is 0. The Bertz CT molecular complexity index is 1780. The summed E-state index contributed by atoms with van der Waals surface area (Å²) in [4.78, 5) is 9.53. The molecule has 0 fully saturated rings. The minimum Gasteiger partial charge on any atom is -0.292 e. The van der Waals surface area contributed by atoms with Crippen molar-refractivity contribution in [3.05, 3.63) is 103 Å². The fourth-order valence-electron chi connectivity index (χ4n) is 4.65. The van der Waals surface area contributed by atoms with Crippen molar-refractivity contribution in [2.24, 2.45) is 0 Å². The molecule has 0 saturated heterocycles. The molecule has 7 rings (SSSR count). The van der Waals surface area contributed by atoms with E-state index >= 15 is 0 Å². The summed E-state index contributed by atoms with van der Waals surface area (Å²) in [6.07, 6.45) is 3.76. The van der Waals surface area contributed by atoms with E-state index in [1.54, 1.807) is 0 Å². The zero-order chi connectivity index (χ0) is 21.1. The smallest absolute Gasteiger partial charge is 0.138 e. The number of rotatable bonds is 2. The lowest BCUT2D eigenvalue weighted by Gasteiger charge is -2.09. The summed E-state index contributed by atoms with van der Waals surface area (Å²) in [5, 5.41) is 3.74. The minimum absolute atomic E-state index is 0.903. The highest BCUT2D eigenvalue weighted by atomic mass is 32.1. The Labute approximate surface area is 188 Å². The van der Waals surface area contributed by atoms with Gasteiger partial charge >= 0.3 is 0 Å². The molecule has 3 aromatic carbocycles. The van der Waals surface area contributed by atoms with E-state index in [0.717, 1.165) is 33.3 Å². The Balaban J connectivity index is 1.57. The molecule has 0 aliphatic heterocycles. The standard InChI is InChI=1S/C28H17N3S/c1-2-7-18(8-3-1)19-12-14-29-27(15-19)31-23-10-6-13-30-28(23)22-16-21-20-9-4-5-11-25(20)32-26(21)17-24(22)31/h1-17H. The number of pyridine rings is 2. The van der Waals surface area contributed by atoms with Crippen LogP contribution in [0.4, 0.5) is 0 Å². The maximum Gasteiger partial charge on any atom is 0.138 e. The molecule has 32 heavy (non-hydrogen) atoms. The summed E-state index contributed by atoms with van der Waals surface area (Å²) in [5.41, 5.74) is 5.55. The summed E-state index contributed by atoms with van der Waals surface area (Å²) < 4.78 is 4.83. The van der Waals surface area contributed by atoms with Crippen molar-refractivity contribution in [2.75, 3.05) is 0 Å². The zero-order valence-electron chi connectivity index (χ0n) is 17.1. The molecule has 0 aliphatic rings. The van der Waals surface area contributed by atoms with E-state index in [1.165, 1.54) is 25.7 Å². The van der Waals surface area contributed by atoms with Crippen molar-refractivity contribution in [2.45, 2.75) is 0 Å². The van der Waals surface area contributed by atoms with Crippen LogP contribution in [0.2, 0.25) is 0 Å². The van der Waals surface area contributed by atoms with E-state index in [1.807, 2.05) is 35.9 Å². The van der Waals surface area contributed by atoms with E-state index < -0.39 is 0 Å². The second-order valence-corrected chi connectivity index (χ2v) is 9.02. The Morgan fingerprint density at radius 2 is 1.44 bits per heavy atom. The fraction of sp³-hybridized carbons (Fsp3) is 0. The Hall–Kier alpha value is -4.02. The van der Waals surface area contributed by atoms with Crippen molar-refractivity contribution >= 4 is 53.4 Å². The number of benzene rings is 3. The molecule has 0 N–H and O–H groups in total. The SMILES string of the molecule is c1ccc(-c2ccnc(-n3c4cc5sc6ccccc6c5cc4c4ncccc43)c2)cc1. The van der Waals surface area contributed by atoms with Crippen LogP contribution in [0.25, 0.3) is 59.1 Å². The maximum absolute atomic E-state index is 4.77. The second-order valence-electron chi connectivity index (χ2n) is 7.94. The van der Waals surface area contributed by atoms with Crippen LogP contribution in [0, 0.1) is 0 Å². The van der Waals surface area contributed by atoms with Gasteiger partial charge in [0.15, 0.2) is 0 Å². The second kappa shape index (κ2) is 6.74. The topological polar surface area (TPSA) is 30.7 Å². The van der Waals surface area contributed by atoms with Gasteiger partial charge in [0.25, 0.3) is 0 Å². The highest BCUT2D eigenvalue weighted by molar-refractivity contribution is 7.25. The van der Waals surface area contributed by atoms with E-state index in [9.17, 15) is 0 Å². The summed E-state index contributed by atoms with van der Waals surface area (Å²) in [7, 11) is 0. The molecule has 0 unspecified atom stereocenters. The molecular weight excluding hydrogens is 410 g/mol. The lowest BCUT2D eigenvalue weighted by atomic mass is 10.1. The molecule has 3 nitrogen and oxygen atoms in total. The Morgan fingerprint density at radius 1 is 0.562 bits per heavy atom. The van der Waals surface area contributed by atoms with Gasteiger partial charge in [-0.15, -0.1) is 11.3 Å². The van der Waals surface area contributed by atoms with Crippen LogP contribution in [0.15, 0.2) is 103 Å². The van der Waals surface area contributed by atoms with Gasteiger partial charge in [-0.1, -0.05) is 48.5 Å². The zero-order valence-corrected chi connectivity index (χ0v) is 17.9. The quantitative estimate of drug-likeness (QED) is 0.284. The monoisotopic (exact) mass is 427 g/mol. The lowest BCUT2D eigenvalue weighted by Crippen LogP contribution is -1.97. The number of thiophene rings is 1. The van der Waals surface area contributed by atoms with Crippen LogP contribution < -0.4 is 0 Å².